The van der Waals surface area contributed by atoms with Crippen molar-refractivity contribution in [1.29, 1.82) is 0 Å². The van der Waals surface area contributed by atoms with Crippen LogP contribution in [0, 0.1) is 0 Å². The summed E-state index contributed by atoms with van der Waals surface area (Å²) >= 11 is 0. The smallest absolute Gasteiger partial charge is 0.265 e. The van der Waals surface area contributed by atoms with Gasteiger partial charge in [-0.15, -0.1) is 0 Å². The van der Waals surface area contributed by atoms with Gasteiger partial charge in [-0.05, 0) is 24.3 Å². The summed E-state index contributed by atoms with van der Waals surface area (Å²) in [6.07, 6.45) is 0.104. The first-order valence-electron chi connectivity index (χ1n) is 7.39. The van der Waals surface area contributed by atoms with E-state index in [1.807, 2.05) is 6.07 Å². The molecule has 0 saturated carbocycles. The summed E-state index contributed by atoms with van der Waals surface area (Å²) in [6.45, 7) is 1.72. The van der Waals surface area contributed by atoms with E-state index in [-0.39, 0.29) is 30.7 Å². The Morgan fingerprint density at radius 3 is 2.17 bits per heavy atom. The number of anilines is 2. The fourth-order valence-corrected chi connectivity index (χ4v) is 2.72. The fraction of sp³-hybridized carbons (Fsp3) is 0.167. The molecule has 0 bridgehead atoms. The zero-order valence-electron chi connectivity index (χ0n) is 12.7. The van der Waals surface area contributed by atoms with Gasteiger partial charge in [0, 0.05) is 25.5 Å². The summed E-state index contributed by atoms with van der Waals surface area (Å²) in [6, 6.07) is 15.6. The van der Waals surface area contributed by atoms with Crippen LogP contribution in [0.4, 0.5) is 11.4 Å². The number of carbonyl (C=O) groups is 3. The van der Waals surface area contributed by atoms with Gasteiger partial charge in [-0.2, -0.15) is 0 Å². The van der Waals surface area contributed by atoms with Crippen molar-refractivity contribution in [2.24, 2.45) is 0 Å². The summed E-state index contributed by atoms with van der Waals surface area (Å²) in [5, 5.41) is 0. The van der Waals surface area contributed by atoms with Crippen LogP contribution in [-0.2, 0) is 9.59 Å². The molecule has 3 rings (SSSR count). The second-order valence-corrected chi connectivity index (χ2v) is 5.31. The monoisotopic (exact) mass is 308 g/mol. The molecule has 1 aliphatic heterocycles. The Hall–Kier alpha value is -2.95. The number of nitrogens with zero attached hydrogens (tertiary/aromatic N) is 2. The van der Waals surface area contributed by atoms with Crippen LogP contribution in [-0.4, -0.2) is 24.3 Å². The number of carbonyl (C=O) groups excluding carboxylic acids is 3. The molecular weight excluding hydrogens is 292 g/mol. The summed E-state index contributed by atoms with van der Waals surface area (Å²) in [5.74, 6) is -0.845. The average molecular weight is 308 g/mol. The third-order valence-corrected chi connectivity index (χ3v) is 3.82. The quantitative estimate of drug-likeness (QED) is 0.761. The van der Waals surface area contributed by atoms with Gasteiger partial charge in [0.05, 0.1) is 11.4 Å². The van der Waals surface area contributed by atoms with Crippen molar-refractivity contribution < 1.29 is 14.4 Å². The number of fused-ring (bicyclic) bond motifs is 1. The second-order valence-electron chi connectivity index (χ2n) is 5.31. The van der Waals surface area contributed by atoms with Crippen LogP contribution in [0.1, 0.15) is 23.7 Å². The fourth-order valence-electron chi connectivity index (χ4n) is 2.72. The molecule has 0 fully saturated rings. The molecule has 0 radical (unpaired) electrons. The van der Waals surface area contributed by atoms with Gasteiger partial charge in [-0.3, -0.25) is 14.4 Å². The van der Waals surface area contributed by atoms with Crippen molar-refractivity contribution in [1.82, 2.24) is 0 Å². The molecule has 0 unspecified atom stereocenters. The first kappa shape index (κ1) is 15.0. The van der Waals surface area contributed by atoms with Crippen LogP contribution in [0.25, 0.3) is 0 Å². The topological polar surface area (TPSA) is 57.7 Å². The van der Waals surface area contributed by atoms with E-state index in [4.69, 9.17) is 0 Å². The largest absolute Gasteiger partial charge is 0.310 e. The third-order valence-electron chi connectivity index (χ3n) is 3.82. The molecule has 23 heavy (non-hydrogen) atoms. The second kappa shape index (κ2) is 6.04. The third kappa shape index (κ3) is 2.73. The Kier molecular flexibility index (Phi) is 3.93. The molecule has 2 aromatic rings. The minimum Gasteiger partial charge on any atom is -0.310 e. The highest BCUT2D eigenvalue weighted by molar-refractivity contribution is 6.23. The van der Waals surface area contributed by atoms with E-state index in [1.165, 1.54) is 16.7 Å². The highest BCUT2D eigenvalue weighted by Crippen LogP contribution is 2.33. The molecule has 5 nitrogen and oxygen atoms in total. The van der Waals surface area contributed by atoms with Gasteiger partial charge in [0.2, 0.25) is 11.8 Å². The van der Waals surface area contributed by atoms with Gasteiger partial charge in [0.15, 0.2) is 0 Å². The zero-order chi connectivity index (χ0) is 16.4. The van der Waals surface area contributed by atoms with E-state index in [0.29, 0.717) is 16.9 Å². The summed E-state index contributed by atoms with van der Waals surface area (Å²) < 4.78 is 0. The highest BCUT2D eigenvalue weighted by Gasteiger charge is 2.32. The molecule has 2 aromatic carbocycles. The van der Waals surface area contributed by atoms with Crippen molar-refractivity contribution in [3.8, 4) is 0 Å². The lowest BCUT2D eigenvalue weighted by atomic mass is 10.1. The maximum absolute atomic E-state index is 12.8. The lowest BCUT2D eigenvalue weighted by molar-refractivity contribution is -0.118. The standard InChI is InChI=1S/C18H16N2O3/c1-13(21)19-12-11-17(22)20(16-10-6-5-9-15(16)19)18(23)14-7-3-2-4-8-14/h2-10H,11-12H2,1H3. The van der Waals surface area contributed by atoms with Crippen molar-refractivity contribution in [3.63, 3.8) is 0 Å². The number of para-hydroxylation sites is 2. The summed E-state index contributed by atoms with van der Waals surface area (Å²) in [7, 11) is 0. The van der Waals surface area contributed by atoms with Crippen LogP contribution in [0.2, 0.25) is 0 Å². The minimum absolute atomic E-state index is 0.104. The Morgan fingerprint density at radius 2 is 1.52 bits per heavy atom. The lowest BCUT2D eigenvalue weighted by Crippen LogP contribution is -2.36. The predicted octanol–water partition coefficient (Wildman–Crippen LogP) is 2.62. The highest BCUT2D eigenvalue weighted by atomic mass is 16.2. The summed E-state index contributed by atoms with van der Waals surface area (Å²) in [4.78, 5) is 39.9. The van der Waals surface area contributed by atoms with Crippen LogP contribution in [0.5, 0.6) is 0 Å². The number of hydrogen-bond donors (Lipinski definition) is 0. The van der Waals surface area contributed by atoms with Crippen molar-refractivity contribution in [2.45, 2.75) is 13.3 Å². The van der Waals surface area contributed by atoms with Crippen LogP contribution in [0.15, 0.2) is 54.6 Å². The molecule has 1 heterocycles. The molecule has 0 aromatic heterocycles. The normalized spacial score (nSPS) is 14.2. The van der Waals surface area contributed by atoms with Crippen LogP contribution >= 0.6 is 0 Å². The van der Waals surface area contributed by atoms with E-state index in [2.05, 4.69) is 0 Å². The molecular formula is C18H16N2O3. The van der Waals surface area contributed by atoms with Crippen LogP contribution in [0.3, 0.4) is 0 Å². The number of hydrogen-bond acceptors (Lipinski definition) is 3. The van der Waals surface area contributed by atoms with E-state index in [1.54, 1.807) is 48.5 Å². The predicted molar refractivity (Wildman–Crippen MR) is 87.3 cm³/mol. The number of imide groups is 1. The molecule has 3 amide bonds. The molecule has 0 spiro atoms. The Labute approximate surface area is 134 Å². The Bertz CT molecular complexity index is 771. The first-order valence-corrected chi connectivity index (χ1v) is 7.39. The Morgan fingerprint density at radius 1 is 0.913 bits per heavy atom. The van der Waals surface area contributed by atoms with Crippen molar-refractivity contribution in [3.05, 3.63) is 60.2 Å². The molecule has 116 valence electrons. The van der Waals surface area contributed by atoms with Gasteiger partial charge < -0.3 is 4.90 Å². The molecule has 0 atom stereocenters. The molecule has 0 N–H and O–H groups in total. The molecule has 0 saturated heterocycles. The molecule has 1 aliphatic rings. The van der Waals surface area contributed by atoms with Crippen molar-refractivity contribution in [2.75, 3.05) is 16.3 Å². The van der Waals surface area contributed by atoms with Crippen molar-refractivity contribution >= 4 is 29.1 Å². The first-order chi connectivity index (χ1) is 11.1. The van der Waals surface area contributed by atoms with Gasteiger partial charge in [0.1, 0.15) is 0 Å². The van der Waals surface area contributed by atoms with Gasteiger partial charge in [-0.25, -0.2) is 4.90 Å². The minimum atomic E-state index is -0.381. The molecule has 0 aliphatic carbocycles. The van der Waals surface area contributed by atoms with E-state index in [9.17, 15) is 14.4 Å². The molecule has 5 heteroatoms. The van der Waals surface area contributed by atoms with E-state index in [0.717, 1.165) is 0 Å². The maximum Gasteiger partial charge on any atom is 0.265 e. The zero-order valence-corrected chi connectivity index (χ0v) is 12.7. The Balaban J connectivity index is 2.11. The van der Waals surface area contributed by atoms with Gasteiger partial charge in [0.25, 0.3) is 5.91 Å². The summed E-state index contributed by atoms with van der Waals surface area (Å²) in [5.41, 5.74) is 1.46. The van der Waals surface area contributed by atoms with E-state index < -0.39 is 0 Å². The van der Waals surface area contributed by atoms with Gasteiger partial charge >= 0.3 is 0 Å². The van der Waals surface area contributed by atoms with Crippen LogP contribution < -0.4 is 9.80 Å². The number of amides is 3. The van der Waals surface area contributed by atoms with E-state index >= 15 is 0 Å². The number of rotatable bonds is 1. The maximum atomic E-state index is 12.8. The average Bonchev–Trinajstić information content (AvgIpc) is 2.71. The lowest BCUT2D eigenvalue weighted by Gasteiger charge is -2.23. The SMILES string of the molecule is CC(=O)N1CCC(=O)N(C(=O)c2ccccc2)c2ccccc21. The number of benzene rings is 2. The van der Waals surface area contributed by atoms with Gasteiger partial charge in [-0.1, -0.05) is 30.3 Å².